The molecule has 0 saturated heterocycles. The molecule has 0 saturated carbocycles. The third-order valence-corrected chi connectivity index (χ3v) is 3.18. The van der Waals surface area contributed by atoms with Crippen LogP contribution in [-0.2, 0) is 19.4 Å². The van der Waals surface area contributed by atoms with E-state index in [-0.39, 0.29) is 0 Å². The second kappa shape index (κ2) is 4.02. The normalized spacial score (nSPS) is 13.4. The molecule has 0 radical (unpaired) electrons. The van der Waals surface area contributed by atoms with Crippen molar-refractivity contribution in [1.82, 2.24) is 14.8 Å². The molecular weight excluding hydrogens is 212 g/mol. The number of hydrogen-bond acceptors (Lipinski definition) is 3. The first-order valence-electron chi connectivity index (χ1n) is 5.76. The van der Waals surface area contributed by atoms with Crippen LogP contribution in [0.15, 0.2) is 24.5 Å². The molecule has 2 aromatic heterocycles. The highest BCUT2D eigenvalue weighted by Gasteiger charge is 2.22. The smallest absolute Gasteiger partial charge is 0.128 e. The Morgan fingerprint density at radius 2 is 2.12 bits per heavy atom. The van der Waals surface area contributed by atoms with Gasteiger partial charge < -0.3 is 0 Å². The minimum atomic E-state index is 0.341. The van der Waals surface area contributed by atoms with Crippen LogP contribution in [0.1, 0.15) is 17.7 Å². The van der Waals surface area contributed by atoms with E-state index in [0.717, 1.165) is 30.5 Å². The lowest BCUT2D eigenvalue weighted by atomic mass is 10.1. The van der Waals surface area contributed by atoms with E-state index in [1.165, 1.54) is 11.3 Å². The van der Waals surface area contributed by atoms with E-state index in [0.29, 0.717) is 6.54 Å². The van der Waals surface area contributed by atoms with Crippen LogP contribution in [0.5, 0.6) is 0 Å². The summed E-state index contributed by atoms with van der Waals surface area (Å²) in [7, 11) is 0. The summed E-state index contributed by atoms with van der Waals surface area (Å²) in [4.78, 5) is 4.02. The molecule has 4 nitrogen and oxygen atoms in total. The van der Waals surface area contributed by atoms with E-state index in [9.17, 15) is 0 Å². The molecule has 2 heterocycles. The standard InChI is InChI=1S/C13H12N4/c14-6-9-17-12-3-1-2-11(12)13(16-17)10-4-7-15-8-5-10/h4-5,7-8H,1-3,9H2. The molecule has 0 unspecified atom stereocenters. The third kappa shape index (κ3) is 1.60. The van der Waals surface area contributed by atoms with Crippen LogP contribution in [0.25, 0.3) is 11.3 Å². The maximum Gasteiger partial charge on any atom is 0.128 e. The summed E-state index contributed by atoms with van der Waals surface area (Å²) in [6.45, 7) is 0.341. The fraction of sp³-hybridized carbons (Fsp3) is 0.308. The van der Waals surface area contributed by atoms with Gasteiger partial charge in [-0.3, -0.25) is 9.67 Å². The van der Waals surface area contributed by atoms with Crippen molar-refractivity contribution in [2.24, 2.45) is 0 Å². The van der Waals surface area contributed by atoms with Crippen molar-refractivity contribution in [1.29, 1.82) is 5.26 Å². The molecule has 2 aromatic rings. The highest BCUT2D eigenvalue weighted by molar-refractivity contribution is 5.64. The quantitative estimate of drug-likeness (QED) is 0.783. The van der Waals surface area contributed by atoms with Crippen molar-refractivity contribution in [3.8, 4) is 17.3 Å². The second-order valence-electron chi connectivity index (χ2n) is 4.18. The van der Waals surface area contributed by atoms with Gasteiger partial charge in [0, 0.05) is 29.2 Å². The predicted octanol–water partition coefficient (Wildman–Crippen LogP) is 1.96. The summed E-state index contributed by atoms with van der Waals surface area (Å²) in [6, 6.07) is 6.11. The molecule has 3 rings (SSSR count). The monoisotopic (exact) mass is 224 g/mol. The number of pyridine rings is 1. The van der Waals surface area contributed by atoms with E-state index in [1.807, 2.05) is 16.8 Å². The zero-order valence-corrected chi connectivity index (χ0v) is 9.43. The van der Waals surface area contributed by atoms with E-state index >= 15 is 0 Å². The van der Waals surface area contributed by atoms with Crippen molar-refractivity contribution in [3.63, 3.8) is 0 Å². The van der Waals surface area contributed by atoms with Crippen LogP contribution >= 0.6 is 0 Å². The fourth-order valence-corrected chi connectivity index (χ4v) is 2.45. The summed E-state index contributed by atoms with van der Waals surface area (Å²) in [5, 5.41) is 13.4. The maximum absolute atomic E-state index is 8.81. The van der Waals surface area contributed by atoms with Gasteiger partial charge in [-0.25, -0.2) is 0 Å². The van der Waals surface area contributed by atoms with Crippen molar-refractivity contribution < 1.29 is 0 Å². The van der Waals surface area contributed by atoms with Crippen LogP contribution in [0, 0.1) is 11.3 Å². The van der Waals surface area contributed by atoms with Crippen LogP contribution in [0.2, 0.25) is 0 Å². The lowest BCUT2D eigenvalue weighted by molar-refractivity contribution is 0.664. The first-order valence-corrected chi connectivity index (χ1v) is 5.76. The molecule has 0 spiro atoms. The summed E-state index contributed by atoms with van der Waals surface area (Å²) < 4.78 is 1.85. The Bertz CT molecular complexity index is 577. The summed E-state index contributed by atoms with van der Waals surface area (Å²) in [5.74, 6) is 0. The van der Waals surface area contributed by atoms with E-state index in [1.54, 1.807) is 12.4 Å². The van der Waals surface area contributed by atoms with Gasteiger partial charge in [-0.05, 0) is 31.4 Å². The van der Waals surface area contributed by atoms with Crippen LogP contribution in [0.4, 0.5) is 0 Å². The van der Waals surface area contributed by atoms with Gasteiger partial charge in [0.05, 0.1) is 11.8 Å². The van der Waals surface area contributed by atoms with Gasteiger partial charge in [-0.15, -0.1) is 0 Å². The van der Waals surface area contributed by atoms with Gasteiger partial charge in [-0.2, -0.15) is 10.4 Å². The molecule has 0 atom stereocenters. The minimum absolute atomic E-state index is 0.341. The van der Waals surface area contributed by atoms with Gasteiger partial charge in [-0.1, -0.05) is 0 Å². The zero-order valence-electron chi connectivity index (χ0n) is 9.43. The molecule has 4 heteroatoms. The Kier molecular flexibility index (Phi) is 2.37. The van der Waals surface area contributed by atoms with Gasteiger partial charge in [0.15, 0.2) is 0 Å². The Hall–Kier alpha value is -2.15. The lowest BCUT2D eigenvalue weighted by Gasteiger charge is -1.98. The summed E-state index contributed by atoms with van der Waals surface area (Å²) in [5.41, 5.74) is 4.66. The molecule has 17 heavy (non-hydrogen) atoms. The fourth-order valence-electron chi connectivity index (χ4n) is 2.45. The van der Waals surface area contributed by atoms with Crippen LogP contribution in [-0.4, -0.2) is 14.8 Å². The molecule has 0 N–H and O–H groups in total. The Labute approximate surface area is 99.5 Å². The first-order chi connectivity index (χ1) is 8.40. The SMILES string of the molecule is N#CCn1nc(-c2ccncc2)c2c1CCC2. The van der Waals surface area contributed by atoms with Crippen LogP contribution in [0.3, 0.4) is 0 Å². The van der Waals surface area contributed by atoms with Gasteiger partial charge in [0.1, 0.15) is 6.54 Å². The number of nitrogens with zero attached hydrogens (tertiary/aromatic N) is 4. The van der Waals surface area contributed by atoms with E-state index in [2.05, 4.69) is 16.2 Å². The topological polar surface area (TPSA) is 54.5 Å². The summed E-state index contributed by atoms with van der Waals surface area (Å²) in [6.07, 6.45) is 6.82. The number of aromatic nitrogens is 3. The third-order valence-electron chi connectivity index (χ3n) is 3.18. The second-order valence-corrected chi connectivity index (χ2v) is 4.18. The molecule has 0 aromatic carbocycles. The van der Waals surface area contributed by atoms with E-state index in [4.69, 9.17) is 5.26 Å². The lowest BCUT2D eigenvalue weighted by Crippen LogP contribution is -2.02. The molecule has 84 valence electrons. The number of fused-ring (bicyclic) bond motifs is 1. The molecule has 1 aliphatic rings. The van der Waals surface area contributed by atoms with Gasteiger partial charge in [0.2, 0.25) is 0 Å². The Morgan fingerprint density at radius 1 is 1.29 bits per heavy atom. The highest BCUT2D eigenvalue weighted by atomic mass is 15.3. The van der Waals surface area contributed by atoms with E-state index < -0.39 is 0 Å². The molecule has 0 bridgehead atoms. The number of nitriles is 1. The van der Waals surface area contributed by atoms with Crippen molar-refractivity contribution in [2.45, 2.75) is 25.8 Å². The van der Waals surface area contributed by atoms with Crippen LogP contribution < -0.4 is 0 Å². The average Bonchev–Trinajstić information content (AvgIpc) is 2.94. The Balaban J connectivity index is 2.13. The van der Waals surface area contributed by atoms with Gasteiger partial charge >= 0.3 is 0 Å². The first kappa shape index (κ1) is 10.0. The zero-order chi connectivity index (χ0) is 11.7. The molecule has 0 amide bonds. The largest absolute Gasteiger partial charge is 0.265 e. The summed E-state index contributed by atoms with van der Waals surface area (Å²) >= 11 is 0. The van der Waals surface area contributed by atoms with Crippen molar-refractivity contribution in [3.05, 3.63) is 35.8 Å². The minimum Gasteiger partial charge on any atom is -0.265 e. The molecule has 1 aliphatic carbocycles. The van der Waals surface area contributed by atoms with Crippen molar-refractivity contribution in [2.75, 3.05) is 0 Å². The number of rotatable bonds is 2. The van der Waals surface area contributed by atoms with Gasteiger partial charge in [0.25, 0.3) is 0 Å². The number of hydrogen-bond donors (Lipinski definition) is 0. The predicted molar refractivity (Wildman–Crippen MR) is 63.1 cm³/mol. The van der Waals surface area contributed by atoms with Crippen molar-refractivity contribution >= 4 is 0 Å². The molecule has 0 fully saturated rings. The molecular formula is C13H12N4. The Morgan fingerprint density at radius 3 is 2.88 bits per heavy atom. The average molecular weight is 224 g/mol. The molecule has 0 aliphatic heterocycles. The highest BCUT2D eigenvalue weighted by Crippen LogP contribution is 2.31. The maximum atomic E-state index is 8.81.